The van der Waals surface area contributed by atoms with Crippen LogP contribution in [0.2, 0.25) is 0 Å². The molecule has 0 aliphatic heterocycles. The number of aromatic nitrogens is 1. The number of hydrogen-bond donors (Lipinski definition) is 2. The zero-order valence-corrected chi connectivity index (χ0v) is 18.0. The van der Waals surface area contributed by atoms with E-state index in [9.17, 15) is 8.78 Å². The standard InChI is InChI=1S/C20H28F2N4O2S/c1-5-23-20(25-11-18-26-15(12-29-18)13(3)4)24-10-14-7-8-16(28-19(21)22)17(9-14)27-6-2/h7-9,12-13,19H,5-6,10-11H2,1-4H3,(H2,23,24,25). The van der Waals surface area contributed by atoms with Gasteiger partial charge in [0.2, 0.25) is 0 Å². The van der Waals surface area contributed by atoms with Gasteiger partial charge in [-0.1, -0.05) is 19.9 Å². The van der Waals surface area contributed by atoms with Gasteiger partial charge in [-0.3, -0.25) is 0 Å². The summed E-state index contributed by atoms with van der Waals surface area (Å²) in [5.41, 5.74) is 1.91. The number of nitrogens with zero attached hydrogens (tertiary/aromatic N) is 2. The second kappa shape index (κ2) is 11.5. The first-order valence-electron chi connectivity index (χ1n) is 9.59. The van der Waals surface area contributed by atoms with Crippen molar-refractivity contribution in [2.24, 2.45) is 4.99 Å². The summed E-state index contributed by atoms with van der Waals surface area (Å²) in [6.07, 6.45) is 0. The number of thiazole rings is 1. The van der Waals surface area contributed by atoms with Gasteiger partial charge in [0.15, 0.2) is 17.5 Å². The Morgan fingerprint density at radius 3 is 2.62 bits per heavy atom. The highest BCUT2D eigenvalue weighted by Gasteiger charge is 2.12. The second-order valence-electron chi connectivity index (χ2n) is 6.46. The largest absolute Gasteiger partial charge is 0.490 e. The lowest BCUT2D eigenvalue weighted by molar-refractivity contribution is -0.0514. The fourth-order valence-corrected chi connectivity index (χ4v) is 3.35. The number of hydrogen-bond acceptors (Lipinski definition) is 5. The maximum Gasteiger partial charge on any atom is 0.387 e. The molecule has 2 N–H and O–H groups in total. The van der Waals surface area contributed by atoms with E-state index in [1.165, 1.54) is 6.07 Å². The molecule has 1 aromatic carbocycles. The van der Waals surface area contributed by atoms with Gasteiger partial charge in [0.05, 0.1) is 25.4 Å². The number of benzene rings is 1. The van der Waals surface area contributed by atoms with E-state index in [0.29, 0.717) is 38.1 Å². The summed E-state index contributed by atoms with van der Waals surface area (Å²) in [7, 11) is 0. The van der Waals surface area contributed by atoms with Crippen LogP contribution in [0.25, 0.3) is 0 Å². The molecule has 2 rings (SSSR count). The highest BCUT2D eigenvalue weighted by Crippen LogP contribution is 2.30. The van der Waals surface area contributed by atoms with E-state index in [1.807, 2.05) is 6.92 Å². The lowest BCUT2D eigenvalue weighted by atomic mass is 10.2. The van der Waals surface area contributed by atoms with E-state index in [1.54, 1.807) is 30.4 Å². The van der Waals surface area contributed by atoms with Crippen molar-refractivity contribution in [3.05, 3.63) is 39.8 Å². The monoisotopic (exact) mass is 426 g/mol. The second-order valence-corrected chi connectivity index (χ2v) is 7.40. The Balaban J connectivity index is 2.05. The van der Waals surface area contributed by atoms with Crippen molar-refractivity contribution in [1.82, 2.24) is 15.6 Å². The molecule has 0 aliphatic rings. The van der Waals surface area contributed by atoms with Gasteiger partial charge in [-0.15, -0.1) is 11.3 Å². The molecule has 0 saturated heterocycles. The minimum absolute atomic E-state index is 0.0179. The van der Waals surface area contributed by atoms with Crippen LogP contribution in [0.3, 0.4) is 0 Å². The van der Waals surface area contributed by atoms with Crippen LogP contribution in [-0.4, -0.2) is 30.7 Å². The SMILES string of the molecule is CCNC(=NCc1ccc(OC(F)F)c(OCC)c1)NCc1nc(C(C)C)cs1. The van der Waals surface area contributed by atoms with E-state index in [0.717, 1.165) is 16.3 Å². The molecule has 160 valence electrons. The van der Waals surface area contributed by atoms with Crippen LogP contribution in [0.5, 0.6) is 11.5 Å². The molecule has 0 atom stereocenters. The summed E-state index contributed by atoms with van der Waals surface area (Å²) in [5.74, 6) is 1.35. The van der Waals surface area contributed by atoms with E-state index in [4.69, 9.17) is 4.74 Å². The molecule has 1 aromatic heterocycles. The predicted molar refractivity (Wildman–Crippen MR) is 112 cm³/mol. The van der Waals surface area contributed by atoms with E-state index in [-0.39, 0.29) is 11.5 Å². The first kappa shape index (κ1) is 22.9. The summed E-state index contributed by atoms with van der Waals surface area (Å²) >= 11 is 1.62. The average molecular weight is 427 g/mol. The molecular weight excluding hydrogens is 398 g/mol. The Morgan fingerprint density at radius 1 is 1.21 bits per heavy atom. The third kappa shape index (κ3) is 7.49. The van der Waals surface area contributed by atoms with Crippen molar-refractivity contribution in [1.29, 1.82) is 0 Å². The maximum atomic E-state index is 12.5. The van der Waals surface area contributed by atoms with Crippen molar-refractivity contribution < 1.29 is 18.3 Å². The van der Waals surface area contributed by atoms with Crippen LogP contribution >= 0.6 is 11.3 Å². The minimum Gasteiger partial charge on any atom is -0.490 e. The fourth-order valence-electron chi connectivity index (χ4n) is 2.46. The summed E-state index contributed by atoms with van der Waals surface area (Å²) in [6, 6.07) is 4.85. The molecule has 0 spiro atoms. The van der Waals surface area contributed by atoms with Gasteiger partial charge in [-0.05, 0) is 37.5 Å². The number of halogens is 2. The molecular formula is C20H28F2N4O2S. The topological polar surface area (TPSA) is 67.8 Å². The third-order valence-electron chi connectivity index (χ3n) is 3.86. The Morgan fingerprint density at radius 2 is 2.00 bits per heavy atom. The lowest BCUT2D eigenvalue weighted by Gasteiger charge is -2.13. The van der Waals surface area contributed by atoms with Crippen LogP contribution in [0.15, 0.2) is 28.6 Å². The third-order valence-corrected chi connectivity index (χ3v) is 4.72. The molecule has 2 aromatic rings. The number of nitrogens with one attached hydrogen (secondary N) is 2. The van der Waals surface area contributed by atoms with Gasteiger partial charge in [0, 0.05) is 11.9 Å². The molecule has 29 heavy (non-hydrogen) atoms. The Kier molecular flexibility index (Phi) is 9.11. The highest BCUT2D eigenvalue weighted by atomic mass is 32.1. The molecule has 6 nitrogen and oxygen atoms in total. The van der Waals surface area contributed by atoms with Crippen molar-refractivity contribution >= 4 is 17.3 Å². The normalized spacial score (nSPS) is 11.8. The molecule has 0 saturated carbocycles. The molecule has 9 heteroatoms. The summed E-state index contributed by atoms with van der Waals surface area (Å²) < 4.78 is 35.0. The molecule has 1 heterocycles. The molecule has 0 unspecified atom stereocenters. The smallest absolute Gasteiger partial charge is 0.387 e. The van der Waals surface area contributed by atoms with Crippen LogP contribution in [-0.2, 0) is 13.1 Å². The fraction of sp³-hybridized carbons (Fsp3) is 0.500. The predicted octanol–water partition coefficient (Wildman–Crippen LogP) is 4.52. The number of alkyl halides is 2. The summed E-state index contributed by atoms with van der Waals surface area (Å²) in [6.45, 7) is 7.11. The number of guanidine groups is 1. The Hall–Kier alpha value is -2.42. The van der Waals surface area contributed by atoms with Gasteiger partial charge in [0.1, 0.15) is 5.01 Å². The zero-order chi connectivity index (χ0) is 21.2. The molecule has 0 aliphatic carbocycles. The van der Waals surface area contributed by atoms with Crippen molar-refractivity contribution in [2.75, 3.05) is 13.2 Å². The Bertz CT molecular complexity index is 797. The quantitative estimate of drug-likeness (QED) is 0.432. The summed E-state index contributed by atoms with van der Waals surface area (Å²) in [5, 5.41) is 9.52. The van der Waals surface area contributed by atoms with Gasteiger partial charge in [-0.2, -0.15) is 8.78 Å². The zero-order valence-electron chi connectivity index (χ0n) is 17.2. The first-order valence-corrected chi connectivity index (χ1v) is 10.5. The van der Waals surface area contributed by atoms with Gasteiger partial charge >= 0.3 is 6.61 Å². The maximum absolute atomic E-state index is 12.5. The number of aliphatic imine (C=N–C) groups is 1. The van der Waals surface area contributed by atoms with Crippen molar-refractivity contribution in [3.63, 3.8) is 0 Å². The van der Waals surface area contributed by atoms with Crippen LogP contribution in [0.1, 0.15) is 49.9 Å². The van der Waals surface area contributed by atoms with Gasteiger partial charge < -0.3 is 20.1 Å². The molecule has 0 fully saturated rings. The Labute approximate surface area is 174 Å². The molecule has 0 amide bonds. The molecule has 0 radical (unpaired) electrons. The van der Waals surface area contributed by atoms with Crippen LogP contribution in [0.4, 0.5) is 8.78 Å². The van der Waals surface area contributed by atoms with Crippen molar-refractivity contribution in [2.45, 2.75) is 53.3 Å². The van der Waals surface area contributed by atoms with Gasteiger partial charge in [-0.25, -0.2) is 9.98 Å². The first-order chi connectivity index (χ1) is 13.9. The van der Waals surface area contributed by atoms with Gasteiger partial charge in [0.25, 0.3) is 0 Å². The average Bonchev–Trinajstić information content (AvgIpc) is 3.15. The van der Waals surface area contributed by atoms with Crippen molar-refractivity contribution in [3.8, 4) is 11.5 Å². The number of ether oxygens (including phenoxy) is 2. The van der Waals surface area contributed by atoms with Crippen LogP contribution in [0, 0.1) is 0 Å². The van der Waals surface area contributed by atoms with E-state index in [2.05, 4.69) is 44.6 Å². The minimum atomic E-state index is -2.90. The highest BCUT2D eigenvalue weighted by molar-refractivity contribution is 7.09. The molecule has 0 bridgehead atoms. The number of rotatable bonds is 10. The van der Waals surface area contributed by atoms with E-state index >= 15 is 0 Å². The lowest BCUT2D eigenvalue weighted by Crippen LogP contribution is -2.36. The van der Waals surface area contributed by atoms with E-state index < -0.39 is 6.61 Å². The summed E-state index contributed by atoms with van der Waals surface area (Å²) in [4.78, 5) is 9.17. The van der Waals surface area contributed by atoms with Crippen LogP contribution < -0.4 is 20.1 Å².